The molecule has 0 radical (unpaired) electrons. The van der Waals surface area contributed by atoms with Gasteiger partial charge in [0, 0.05) is 6.04 Å². The lowest BCUT2D eigenvalue weighted by Crippen LogP contribution is -2.39. The monoisotopic (exact) mass is 331 g/mol. The van der Waals surface area contributed by atoms with Crippen LogP contribution in [0.4, 0.5) is 0 Å². The van der Waals surface area contributed by atoms with E-state index in [4.69, 9.17) is 4.74 Å². The van der Waals surface area contributed by atoms with E-state index in [1.807, 2.05) is 7.05 Å². The summed E-state index contributed by atoms with van der Waals surface area (Å²) in [4.78, 5) is 33.4. The van der Waals surface area contributed by atoms with Crippen LogP contribution in [0.2, 0.25) is 0 Å². The molecule has 0 unspecified atom stereocenters. The van der Waals surface area contributed by atoms with Crippen LogP contribution in [0, 0.1) is 5.41 Å². The van der Waals surface area contributed by atoms with Gasteiger partial charge in [-0.1, -0.05) is 20.8 Å². The van der Waals surface area contributed by atoms with E-state index < -0.39 is 5.97 Å². The molecule has 1 heterocycles. The van der Waals surface area contributed by atoms with Crippen molar-refractivity contribution in [3.63, 3.8) is 0 Å². The highest BCUT2D eigenvalue weighted by atomic mass is 16.5. The molecule has 0 bridgehead atoms. The zero-order valence-corrected chi connectivity index (χ0v) is 15.1. The average molecular weight is 331 g/mol. The normalized spacial score (nSPS) is 13.3. The van der Waals surface area contributed by atoms with Gasteiger partial charge < -0.3 is 9.72 Å². The van der Waals surface area contributed by atoms with Crippen LogP contribution in [-0.4, -0.2) is 41.0 Å². The number of fused-ring (bicyclic) bond motifs is 1. The second-order valence-corrected chi connectivity index (χ2v) is 7.19. The van der Waals surface area contributed by atoms with Gasteiger partial charge in [0.05, 0.1) is 30.1 Å². The fourth-order valence-electron chi connectivity index (χ4n) is 2.54. The molecule has 0 saturated heterocycles. The lowest BCUT2D eigenvalue weighted by atomic mass is 9.87. The Kier molecular flexibility index (Phi) is 5.08. The molecule has 0 spiro atoms. The highest BCUT2D eigenvalue weighted by molar-refractivity contribution is 5.93. The fourth-order valence-corrected chi connectivity index (χ4v) is 2.54. The first-order valence-corrected chi connectivity index (χ1v) is 7.95. The van der Waals surface area contributed by atoms with Gasteiger partial charge in [-0.15, -0.1) is 0 Å². The van der Waals surface area contributed by atoms with Gasteiger partial charge in [-0.05, 0) is 37.6 Å². The van der Waals surface area contributed by atoms with E-state index in [1.165, 1.54) is 7.11 Å². The van der Waals surface area contributed by atoms with E-state index in [0.29, 0.717) is 34.9 Å². The molecule has 0 fully saturated rings. The first kappa shape index (κ1) is 18.1. The third-order valence-electron chi connectivity index (χ3n) is 4.49. The molecule has 0 amide bonds. The maximum atomic E-state index is 12.3. The van der Waals surface area contributed by atoms with Gasteiger partial charge in [0.15, 0.2) is 0 Å². The number of carbonyl (C=O) groups is 1. The van der Waals surface area contributed by atoms with Crippen LogP contribution in [0.1, 0.15) is 43.9 Å². The number of hydrogen-bond acceptors (Lipinski definition) is 5. The number of aromatic nitrogens is 2. The summed E-state index contributed by atoms with van der Waals surface area (Å²) in [5, 5.41) is 0.456. The lowest BCUT2D eigenvalue weighted by Gasteiger charge is -2.35. The van der Waals surface area contributed by atoms with Crippen LogP contribution in [0.5, 0.6) is 0 Å². The molecule has 6 heteroatoms. The Morgan fingerprint density at radius 3 is 2.62 bits per heavy atom. The van der Waals surface area contributed by atoms with E-state index >= 15 is 0 Å². The molecule has 0 saturated carbocycles. The minimum absolute atomic E-state index is 0.115. The zero-order valence-electron chi connectivity index (χ0n) is 15.1. The summed E-state index contributed by atoms with van der Waals surface area (Å²) < 4.78 is 4.72. The molecular weight excluding hydrogens is 306 g/mol. The van der Waals surface area contributed by atoms with Crippen molar-refractivity contribution in [2.24, 2.45) is 5.41 Å². The van der Waals surface area contributed by atoms with Gasteiger partial charge >= 0.3 is 5.97 Å². The number of benzene rings is 1. The van der Waals surface area contributed by atoms with Crippen LogP contribution in [-0.2, 0) is 11.3 Å². The number of esters is 1. The number of carbonyl (C=O) groups excluding carboxylic acids is 1. The number of methoxy groups -OCH3 is 1. The van der Waals surface area contributed by atoms with E-state index in [9.17, 15) is 9.59 Å². The molecule has 0 aliphatic rings. The lowest BCUT2D eigenvalue weighted by molar-refractivity contribution is 0.0601. The molecule has 6 nitrogen and oxygen atoms in total. The number of H-pyrrole nitrogens is 1. The Labute approximate surface area is 141 Å². The predicted octanol–water partition coefficient (Wildman–Crippen LogP) is 2.58. The highest BCUT2D eigenvalue weighted by Crippen LogP contribution is 2.23. The van der Waals surface area contributed by atoms with Crippen LogP contribution < -0.4 is 5.56 Å². The summed E-state index contributed by atoms with van der Waals surface area (Å²) in [5.41, 5.74) is 0.784. The van der Waals surface area contributed by atoms with E-state index in [1.54, 1.807) is 18.2 Å². The van der Waals surface area contributed by atoms with Crippen LogP contribution >= 0.6 is 0 Å². The van der Waals surface area contributed by atoms with E-state index in [2.05, 4.69) is 42.6 Å². The Morgan fingerprint density at radius 1 is 1.38 bits per heavy atom. The van der Waals surface area contributed by atoms with E-state index in [0.717, 1.165) is 0 Å². The van der Waals surface area contributed by atoms with Crippen molar-refractivity contribution in [3.05, 3.63) is 39.9 Å². The summed E-state index contributed by atoms with van der Waals surface area (Å²) in [7, 11) is 3.33. The van der Waals surface area contributed by atoms with Crippen LogP contribution in [0.3, 0.4) is 0 Å². The smallest absolute Gasteiger partial charge is 0.337 e. The first-order valence-electron chi connectivity index (χ1n) is 7.95. The largest absolute Gasteiger partial charge is 0.465 e. The molecular formula is C18H25N3O3. The molecule has 0 aliphatic carbocycles. The van der Waals surface area contributed by atoms with Gasteiger partial charge in [-0.3, -0.25) is 9.69 Å². The second kappa shape index (κ2) is 6.73. The summed E-state index contributed by atoms with van der Waals surface area (Å²) in [5.74, 6) is 0.132. The summed E-state index contributed by atoms with van der Waals surface area (Å²) in [6.07, 6.45) is 0. The topological polar surface area (TPSA) is 75.3 Å². The second-order valence-electron chi connectivity index (χ2n) is 7.19. The standard InChI is InChI=1S/C18H25N3O3/c1-11(18(2,3)4)21(5)10-15-19-14-9-12(17(23)24-6)7-8-13(14)16(22)20-15/h7-9,11H,10H2,1-6H3,(H,19,20,22)/t11-/m0/s1. The molecule has 24 heavy (non-hydrogen) atoms. The third-order valence-corrected chi connectivity index (χ3v) is 4.49. The van der Waals surface area contributed by atoms with Crippen LogP contribution in [0.25, 0.3) is 10.9 Å². The number of hydrogen-bond donors (Lipinski definition) is 1. The van der Waals surface area contributed by atoms with Gasteiger partial charge in [0.2, 0.25) is 0 Å². The van der Waals surface area contributed by atoms with Gasteiger partial charge in [0.1, 0.15) is 5.82 Å². The Balaban J connectivity index is 2.38. The van der Waals surface area contributed by atoms with Gasteiger partial charge in [-0.2, -0.15) is 0 Å². The van der Waals surface area contributed by atoms with Crippen molar-refractivity contribution < 1.29 is 9.53 Å². The maximum Gasteiger partial charge on any atom is 0.337 e. The average Bonchev–Trinajstić information content (AvgIpc) is 2.51. The van der Waals surface area contributed by atoms with Crippen molar-refractivity contribution in [3.8, 4) is 0 Å². The molecule has 130 valence electrons. The summed E-state index contributed by atoms with van der Waals surface area (Å²) in [6, 6.07) is 5.06. The Bertz CT molecular complexity index is 805. The fraction of sp³-hybridized carbons (Fsp3) is 0.500. The zero-order chi connectivity index (χ0) is 18.1. The van der Waals surface area contributed by atoms with Crippen molar-refractivity contribution in [1.29, 1.82) is 0 Å². The molecule has 1 atom stereocenters. The Morgan fingerprint density at radius 2 is 2.04 bits per heavy atom. The number of rotatable bonds is 4. The number of nitrogens with zero attached hydrogens (tertiary/aromatic N) is 2. The maximum absolute atomic E-state index is 12.3. The number of nitrogens with one attached hydrogen (secondary N) is 1. The minimum Gasteiger partial charge on any atom is -0.465 e. The minimum atomic E-state index is -0.445. The molecule has 0 aliphatic heterocycles. The van der Waals surface area contributed by atoms with Gasteiger partial charge in [0.25, 0.3) is 5.56 Å². The summed E-state index contributed by atoms with van der Waals surface area (Å²) >= 11 is 0. The molecule has 1 aromatic heterocycles. The highest BCUT2D eigenvalue weighted by Gasteiger charge is 2.24. The predicted molar refractivity (Wildman–Crippen MR) is 94.1 cm³/mol. The summed E-state index contributed by atoms with van der Waals surface area (Å²) in [6.45, 7) is 9.19. The number of ether oxygens (including phenoxy) is 1. The molecule has 2 aromatic rings. The van der Waals surface area contributed by atoms with Crippen molar-refractivity contribution in [1.82, 2.24) is 14.9 Å². The third kappa shape index (κ3) is 3.82. The molecule has 1 aromatic carbocycles. The molecule has 2 rings (SSSR count). The SMILES string of the molecule is COC(=O)c1ccc2c(=O)[nH]c(CN(C)[C@@H](C)C(C)(C)C)nc2c1. The first-order chi connectivity index (χ1) is 11.1. The molecule has 1 N–H and O–H groups in total. The van der Waals surface area contributed by atoms with Crippen molar-refractivity contribution >= 4 is 16.9 Å². The van der Waals surface area contributed by atoms with E-state index in [-0.39, 0.29) is 11.0 Å². The van der Waals surface area contributed by atoms with Crippen LogP contribution in [0.15, 0.2) is 23.0 Å². The van der Waals surface area contributed by atoms with Crippen molar-refractivity contribution in [2.45, 2.75) is 40.3 Å². The van der Waals surface area contributed by atoms with Gasteiger partial charge in [-0.25, -0.2) is 9.78 Å². The quantitative estimate of drug-likeness (QED) is 0.872. The van der Waals surface area contributed by atoms with Crippen molar-refractivity contribution in [2.75, 3.05) is 14.2 Å². The number of aromatic amines is 1. The Hall–Kier alpha value is -2.21.